The maximum atomic E-state index is 10.6. The van der Waals surface area contributed by atoms with Crippen molar-refractivity contribution in [2.75, 3.05) is 20.2 Å². The van der Waals surface area contributed by atoms with Gasteiger partial charge in [0.1, 0.15) is 0 Å². The average molecular weight is 178 g/mol. The summed E-state index contributed by atoms with van der Waals surface area (Å²) in [4.78, 5) is 10.6. The van der Waals surface area contributed by atoms with Gasteiger partial charge in [-0.1, -0.05) is 13.8 Å². The molecule has 0 atom stereocenters. The van der Waals surface area contributed by atoms with Crippen LogP contribution in [0.3, 0.4) is 0 Å². The van der Waals surface area contributed by atoms with Crippen molar-refractivity contribution in [3.63, 3.8) is 0 Å². The Bertz CT molecular complexity index is 135. The van der Waals surface area contributed by atoms with Crippen molar-refractivity contribution in [2.24, 2.45) is 0 Å². The monoisotopic (exact) mass is 178 g/mol. The quantitative estimate of drug-likeness (QED) is 0.622. The number of alkyl carbamates (subject to hydrolysis) is 1. The lowest BCUT2D eigenvalue weighted by Gasteiger charge is -2.07. The number of nitrogens with one attached hydrogen (secondary N) is 2. The number of rotatable bonds is 5. The topological polar surface area (TPSA) is 50.4 Å². The van der Waals surface area contributed by atoms with Gasteiger partial charge in [-0.15, -0.1) is 0 Å². The highest BCUT2D eigenvalue weighted by Gasteiger charge is 1.96. The van der Waals surface area contributed by atoms with Crippen LogP contribution in [-0.4, -0.2) is 32.3 Å². The summed E-state index contributed by atoms with van der Waals surface area (Å²) in [6.07, 6.45) is 0.562. The number of carbonyl (C=O) groups excluding carboxylic acids is 1. The van der Waals surface area contributed by atoms with Gasteiger partial charge in [-0.25, -0.2) is 4.79 Å². The van der Waals surface area contributed by atoms with E-state index in [1.165, 1.54) is 7.11 Å². The average Bonchev–Trinajstić information content (AvgIpc) is 2.03. The minimum absolute atomic E-state index is 0. The van der Waals surface area contributed by atoms with Crippen molar-refractivity contribution >= 4 is 6.09 Å². The highest BCUT2D eigenvalue weighted by atomic mass is 16.5. The summed E-state index contributed by atoms with van der Waals surface area (Å²) in [6.45, 7) is 5.76. The van der Waals surface area contributed by atoms with E-state index in [0.29, 0.717) is 12.6 Å². The molecule has 0 rings (SSSR count). The highest BCUT2D eigenvalue weighted by molar-refractivity contribution is 5.66. The van der Waals surface area contributed by atoms with E-state index < -0.39 is 0 Å². The van der Waals surface area contributed by atoms with Gasteiger partial charge < -0.3 is 15.4 Å². The molecular formula is C8H22N2O2. The molecule has 0 aliphatic rings. The zero-order valence-corrected chi connectivity index (χ0v) is 8.02. The van der Waals surface area contributed by atoms with Crippen LogP contribution in [0.15, 0.2) is 0 Å². The molecule has 0 radical (unpaired) electrons. The Morgan fingerprint density at radius 2 is 2.17 bits per heavy atom. The van der Waals surface area contributed by atoms with E-state index in [2.05, 4.69) is 29.2 Å². The van der Waals surface area contributed by atoms with Gasteiger partial charge in [-0.3, -0.25) is 0 Å². The molecule has 0 saturated carbocycles. The maximum absolute atomic E-state index is 10.6. The highest BCUT2D eigenvalue weighted by Crippen LogP contribution is 1.79. The van der Waals surface area contributed by atoms with Crippen LogP contribution in [-0.2, 0) is 4.74 Å². The third kappa shape index (κ3) is 7.34. The summed E-state index contributed by atoms with van der Waals surface area (Å²) >= 11 is 0. The second-order valence-electron chi connectivity index (χ2n) is 2.88. The maximum Gasteiger partial charge on any atom is 0.406 e. The second-order valence-corrected chi connectivity index (χ2v) is 2.88. The van der Waals surface area contributed by atoms with Crippen molar-refractivity contribution in [3.8, 4) is 0 Å². The van der Waals surface area contributed by atoms with Gasteiger partial charge >= 0.3 is 6.09 Å². The van der Waals surface area contributed by atoms with E-state index >= 15 is 0 Å². The largest absolute Gasteiger partial charge is 0.453 e. The van der Waals surface area contributed by atoms with Crippen LogP contribution in [0.5, 0.6) is 0 Å². The predicted molar refractivity (Wildman–Crippen MR) is 52.4 cm³/mol. The first-order valence-electron chi connectivity index (χ1n) is 4.22. The molecule has 0 spiro atoms. The van der Waals surface area contributed by atoms with Crippen LogP contribution in [0.4, 0.5) is 4.79 Å². The molecule has 1 amide bonds. The molecule has 0 unspecified atom stereocenters. The molecular weight excluding hydrogens is 156 g/mol. The lowest BCUT2D eigenvalue weighted by atomic mass is 10.3. The summed E-state index contributed by atoms with van der Waals surface area (Å²) in [5, 5.41) is 5.85. The zero-order chi connectivity index (χ0) is 9.40. The normalized spacial score (nSPS) is 10.0. The van der Waals surface area contributed by atoms with E-state index in [1.807, 2.05) is 0 Å². The number of hydrogen-bond donors (Lipinski definition) is 2. The van der Waals surface area contributed by atoms with Gasteiger partial charge in [0.15, 0.2) is 0 Å². The molecule has 0 aliphatic heterocycles. The molecule has 0 fully saturated rings. The smallest absolute Gasteiger partial charge is 0.406 e. The molecule has 0 aliphatic carbocycles. The molecule has 0 saturated heterocycles. The Kier molecular flexibility index (Phi) is 6.47. The number of hydrogen-bond acceptors (Lipinski definition) is 3. The fraction of sp³-hybridized carbons (Fsp3) is 0.875. The molecule has 4 nitrogen and oxygen atoms in total. The van der Waals surface area contributed by atoms with Gasteiger partial charge in [-0.05, 0) is 13.0 Å². The molecule has 0 aromatic carbocycles. The molecule has 0 heterocycles. The Hall–Kier alpha value is -0.770. The predicted octanol–water partition coefficient (Wildman–Crippen LogP) is 1.22. The minimum atomic E-state index is -0.362. The molecule has 12 heavy (non-hydrogen) atoms. The summed E-state index contributed by atoms with van der Waals surface area (Å²) in [5.74, 6) is 0. The third-order valence-electron chi connectivity index (χ3n) is 1.36. The fourth-order valence-electron chi connectivity index (χ4n) is 0.742. The van der Waals surface area contributed by atoms with Crippen molar-refractivity contribution in [1.29, 1.82) is 0 Å². The van der Waals surface area contributed by atoms with Crippen LogP contribution >= 0.6 is 0 Å². The van der Waals surface area contributed by atoms with E-state index in [0.717, 1.165) is 13.0 Å². The lowest BCUT2D eigenvalue weighted by molar-refractivity contribution is 0.171. The van der Waals surface area contributed by atoms with Gasteiger partial charge in [0.2, 0.25) is 0 Å². The molecule has 2 N–H and O–H groups in total. The van der Waals surface area contributed by atoms with Crippen LogP contribution in [0.2, 0.25) is 0 Å². The SMILES string of the molecule is COC(=O)NCCCNC(C)C.[HH].[HH]. The van der Waals surface area contributed by atoms with E-state index in [-0.39, 0.29) is 8.95 Å². The lowest BCUT2D eigenvalue weighted by Crippen LogP contribution is -2.29. The number of carbonyl (C=O) groups is 1. The Labute approximate surface area is 76.6 Å². The van der Waals surface area contributed by atoms with Crippen molar-refractivity contribution in [1.82, 2.24) is 10.6 Å². The standard InChI is InChI=1S/C8H18N2O2.2H2/c1-7(2)9-5-4-6-10-8(11)12-3;;/h7,9H,4-6H2,1-3H3,(H,10,11);2*1H. The second kappa shape index (κ2) is 6.91. The number of methoxy groups -OCH3 is 1. The third-order valence-corrected chi connectivity index (χ3v) is 1.36. The van der Waals surface area contributed by atoms with Crippen molar-refractivity contribution in [3.05, 3.63) is 0 Å². The molecule has 4 heteroatoms. The Morgan fingerprint density at radius 1 is 1.50 bits per heavy atom. The summed E-state index contributed by atoms with van der Waals surface area (Å²) in [5.41, 5.74) is 0. The Morgan fingerprint density at radius 3 is 2.67 bits per heavy atom. The van der Waals surface area contributed by atoms with Crippen LogP contribution in [0, 0.1) is 0 Å². The van der Waals surface area contributed by atoms with Gasteiger partial charge in [0.25, 0.3) is 0 Å². The van der Waals surface area contributed by atoms with Crippen LogP contribution in [0.25, 0.3) is 0 Å². The summed E-state index contributed by atoms with van der Waals surface area (Å²) in [6, 6.07) is 0.503. The molecule has 76 valence electrons. The summed E-state index contributed by atoms with van der Waals surface area (Å²) < 4.78 is 4.41. The first-order valence-corrected chi connectivity index (χ1v) is 4.22. The van der Waals surface area contributed by atoms with Crippen molar-refractivity contribution in [2.45, 2.75) is 26.3 Å². The molecule has 0 aromatic heterocycles. The van der Waals surface area contributed by atoms with Gasteiger partial charge in [-0.2, -0.15) is 0 Å². The molecule has 0 aromatic rings. The first kappa shape index (κ1) is 11.2. The van der Waals surface area contributed by atoms with Gasteiger partial charge in [0, 0.05) is 15.4 Å². The van der Waals surface area contributed by atoms with E-state index in [4.69, 9.17) is 0 Å². The minimum Gasteiger partial charge on any atom is -0.453 e. The fourth-order valence-corrected chi connectivity index (χ4v) is 0.742. The van der Waals surface area contributed by atoms with Crippen LogP contribution in [0.1, 0.15) is 23.1 Å². The first-order chi connectivity index (χ1) is 5.66. The zero-order valence-electron chi connectivity index (χ0n) is 8.02. The van der Waals surface area contributed by atoms with E-state index in [1.54, 1.807) is 0 Å². The Balaban J connectivity index is -0.000000605. The number of ether oxygens (including phenoxy) is 1. The summed E-state index contributed by atoms with van der Waals surface area (Å²) in [7, 11) is 1.36. The van der Waals surface area contributed by atoms with Crippen molar-refractivity contribution < 1.29 is 12.4 Å². The van der Waals surface area contributed by atoms with E-state index in [9.17, 15) is 4.79 Å². The van der Waals surface area contributed by atoms with Crippen LogP contribution < -0.4 is 10.6 Å². The molecule has 0 bridgehead atoms. The van der Waals surface area contributed by atoms with Gasteiger partial charge in [0.05, 0.1) is 7.11 Å². The number of amides is 1.